The van der Waals surface area contributed by atoms with Crippen LogP contribution in [-0.2, 0) is 11.2 Å². The van der Waals surface area contributed by atoms with E-state index in [-0.39, 0.29) is 6.42 Å². The summed E-state index contributed by atoms with van der Waals surface area (Å²) in [5.74, 6) is 0.0843. The minimum atomic E-state index is -4.33. The summed E-state index contributed by atoms with van der Waals surface area (Å²) in [4.78, 5) is 20.9. The number of aromatic nitrogens is 3. The summed E-state index contributed by atoms with van der Waals surface area (Å²) in [5, 5.41) is 0. The van der Waals surface area contributed by atoms with Crippen molar-refractivity contribution in [3.05, 3.63) is 72.6 Å². The standard InChI is InChI=1S/C24H20F3N3O2/c1-32-23-7-3-6-20(29-23)17-9-11-30-21(15-28-22(30)14-17)18-5-2-4-16(12-18)13-19(31)8-10-24(25,26)27/h2-7,9,11-12,14-15H,8,10,13H2,1H3. The normalized spacial score (nSPS) is 11.6. The van der Waals surface area contributed by atoms with Crippen LogP contribution in [0, 0.1) is 0 Å². The number of carbonyl (C=O) groups is 1. The SMILES string of the molecule is COc1cccc(-c2ccn3c(-c4cccc(CC(=O)CCC(F)(F)F)c4)cnc3c2)n1. The van der Waals surface area contributed by atoms with Gasteiger partial charge in [-0.3, -0.25) is 9.20 Å². The van der Waals surface area contributed by atoms with Crippen LogP contribution < -0.4 is 4.74 Å². The van der Waals surface area contributed by atoms with Crippen molar-refractivity contribution >= 4 is 11.4 Å². The maximum Gasteiger partial charge on any atom is 0.389 e. The van der Waals surface area contributed by atoms with Gasteiger partial charge in [-0.1, -0.05) is 24.3 Å². The number of nitrogens with zero attached hydrogens (tertiary/aromatic N) is 3. The minimum Gasteiger partial charge on any atom is -0.481 e. The molecule has 0 spiro atoms. The molecule has 0 N–H and O–H groups in total. The van der Waals surface area contributed by atoms with Crippen molar-refractivity contribution in [1.29, 1.82) is 0 Å². The highest BCUT2D eigenvalue weighted by molar-refractivity contribution is 5.81. The number of pyridine rings is 2. The Morgan fingerprint density at radius 3 is 2.66 bits per heavy atom. The first-order valence-corrected chi connectivity index (χ1v) is 9.99. The van der Waals surface area contributed by atoms with Crippen LogP contribution in [0.1, 0.15) is 18.4 Å². The molecule has 1 aromatic carbocycles. The van der Waals surface area contributed by atoms with Gasteiger partial charge in [0.1, 0.15) is 11.4 Å². The Kier molecular flexibility index (Phi) is 5.94. The molecule has 0 radical (unpaired) electrons. The number of alkyl halides is 3. The topological polar surface area (TPSA) is 56.5 Å². The number of carbonyl (C=O) groups excluding carboxylic acids is 1. The van der Waals surface area contributed by atoms with Gasteiger partial charge in [-0.25, -0.2) is 9.97 Å². The molecule has 0 amide bonds. The maximum atomic E-state index is 12.4. The largest absolute Gasteiger partial charge is 0.481 e. The second-order valence-corrected chi connectivity index (χ2v) is 7.38. The van der Waals surface area contributed by atoms with E-state index in [9.17, 15) is 18.0 Å². The number of ketones is 1. The molecule has 0 aliphatic rings. The van der Waals surface area contributed by atoms with E-state index in [4.69, 9.17) is 4.74 Å². The number of halogens is 3. The molecule has 8 heteroatoms. The number of benzene rings is 1. The van der Waals surface area contributed by atoms with E-state index in [0.29, 0.717) is 17.1 Å². The van der Waals surface area contributed by atoms with Crippen molar-refractivity contribution in [2.45, 2.75) is 25.4 Å². The first kappa shape index (κ1) is 21.5. The average Bonchev–Trinajstić information content (AvgIpc) is 3.21. The number of fused-ring (bicyclic) bond motifs is 1. The lowest BCUT2D eigenvalue weighted by Crippen LogP contribution is -2.12. The van der Waals surface area contributed by atoms with Crippen molar-refractivity contribution in [3.63, 3.8) is 0 Å². The molecule has 0 aliphatic carbocycles. The van der Waals surface area contributed by atoms with Gasteiger partial charge in [-0.15, -0.1) is 0 Å². The molecule has 0 saturated heterocycles. The van der Waals surface area contributed by atoms with Gasteiger partial charge in [0.15, 0.2) is 0 Å². The molecule has 0 aliphatic heterocycles. The number of methoxy groups -OCH3 is 1. The van der Waals surface area contributed by atoms with E-state index in [2.05, 4.69) is 9.97 Å². The Balaban J connectivity index is 1.57. The molecule has 164 valence electrons. The van der Waals surface area contributed by atoms with Gasteiger partial charge in [-0.05, 0) is 29.8 Å². The molecule has 4 aromatic rings. The van der Waals surface area contributed by atoms with E-state index < -0.39 is 24.8 Å². The Hall–Kier alpha value is -3.68. The number of ether oxygens (including phenoxy) is 1. The van der Waals surface area contributed by atoms with E-state index in [1.165, 1.54) is 0 Å². The van der Waals surface area contributed by atoms with Crippen LogP contribution >= 0.6 is 0 Å². The number of rotatable bonds is 7. The lowest BCUT2D eigenvalue weighted by atomic mass is 10.0. The van der Waals surface area contributed by atoms with Crippen LogP contribution in [-0.4, -0.2) is 33.4 Å². The molecule has 5 nitrogen and oxygen atoms in total. The van der Waals surface area contributed by atoms with Crippen molar-refractivity contribution in [3.8, 4) is 28.4 Å². The fourth-order valence-corrected chi connectivity index (χ4v) is 3.48. The van der Waals surface area contributed by atoms with E-state index in [0.717, 1.165) is 22.5 Å². The molecule has 0 atom stereocenters. The third kappa shape index (κ3) is 4.96. The predicted octanol–water partition coefficient (Wildman–Crippen LogP) is 5.53. The summed E-state index contributed by atoms with van der Waals surface area (Å²) in [7, 11) is 1.56. The van der Waals surface area contributed by atoms with Crippen LogP contribution in [0.25, 0.3) is 28.2 Å². The molecule has 0 bridgehead atoms. The highest BCUT2D eigenvalue weighted by atomic mass is 19.4. The summed E-state index contributed by atoms with van der Waals surface area (Å²) in [6.45, 7) is 0. The zero-order valence-electron chi connectivity index (χ0n) is 17.3. The molecule has 0 fully saturated rings. The molecular formula is C24H20F3N3O2. The van der Waals surface area contributed by atoms with Gasteiger partial charge in [0.25, 0.3) is 0 Å². The molecule has 4 rings (SSSR count). The van der Waals surface area contributed by atoms with Gasteiger partial charge in [-0.2, -0.15) is 13.2 Å². The highest BCUT2D eigenvalue weighted by Crippen LogP contribution is 2.27. The Morgan fingerprint density at radius 1 is 1.06 bits per heavy atom. The third-order valence-electron chi connectivity index (χ3n) is 5.05. The van der Waals surface area contributed by atoms with E-state index in [1.807, 2.05) is 47.0 Å². The smallest absolute Gasteiger partial charge is 0.389 e. The highest BCUT2D eigenvalue weighted by Gasteiger charge is 2.27. The van der Waals surface area contributed by atoms with Gasteiger partial charge in [0.2, 0.25) is 5.88 Å². The summed E-state index contributed by atoms with van der Waals surface area (Å²) >= 11 is 0. The summed E-state index contributed by atoms with van der Waals surface area (Å²) in [6.07, 6.45) is -2.36. The fraction of sp³-hybridized carbons (Fsp3) is 0.208. The monoisotopic (exact) mass is 439 g/mol. The molecule has 0 saturated carbocycles. The zero-order chi connectivity index (χ0) is 22.7. The summed E-state index contributed by atoms with van der Waals surface area (Å²) in [5.41, 5.74) is 4.67. The van der Waals surface area contributed by atoms with Gasteiger partial charge in [0.05, 0.1) is 31.1 Å². The fourth-order valence-electron chi connectivity index (χ4n) is 3.48. The molecule has 3 aromatic heterocycles. The predicted molar refractivity (Wildman–Crippen MR) is 114 cm³/mol. The number of hydrogen-bond donors (Lipinski definition) is 0. The van der Waals surface area contributed by atoms with Crippen molar-refractivity contribution in [2.75, 3.05) is 7.11 Å². The maximum absolute atomic E-state index is 12.4. The Labute approximate surface area is 182 Å². The van der Waals surface area contributed by atoms with Crippen LogP contribution in [0.3, 0.4) is 0 Å². The number of hydrogen-bond acceptors (Lipinski definition) is 4. The van der Waals surface area contributed by atoms with Crippen molar-refractivity contribution in [1.82, 2.24) is 14.4 Å². The van der Waals surface area contributed by atoms with Gasteiger partial charge < -0.3 is 4.74 Å². The molecular weight excluding hydrogens is 419 g/mol. The first-order valence-electron chi connectivity index (χ1n) is 9.99. The van der Waals surface area contributed by atoms with Crippen molar-refractivity contribution in [2.24, 2.45) is 0 Å². The molecule has 32 heavy (non-hydrogen) atoms. The molecule has 0 unspecified atom stereocenters. The van der Waals surface area contributed by atoms with Crippen LogP contribution in [0.15, 0.2) is 67.0 Å². The van der Waals surface area contributed by atoms with E-state index in [1.54, 1.807) is 31.5 Å². The first-order chi connectivity index (χ1) is 15.3. The number of imidazole rings is 1. The van der Waals surface area contributed by atoms with Crippen LogP contribution in [0.5, 0.6) is 5.88 Å². The van der Waals surface area contributed by atoms with Crippen LogP contribution in [0.4, 0.5) is 13.2 Å². The Bertz CT molecular complexity index is 1260. The summed E-state index contributed by atoms with van der Waals surface area (Å²) in [6, 6.07) is 16.6. The second-order valence-electron chi connectivity index (χ2n) is 7.38. The lowest BCUT2D eigenvalue weighted by Gasteiger charge is -2.08. The second kappa shape index (κ2) is 8.82. The van der Waals surface area contributed by atoms with E-state index >= 15 is 0 Å². The minimum absolute atomic E-state index is 0.0354. The van der Waals surface area contributed by atoms with Gasteiger partial charge >= 0.3 is 6.18 Å². The summed E-state index contributed by atoms with van der Waals surface area (Å²) < 4.78 is 44.2. The zero-order valence-corrected chi connectivity index (χ0v) is 17.3. The average molecular weight is 439 g/mol. The molecule has 3 heterocycles. The van der Waals surface area contributed by atoms with Gasteiger partial charge in [0, 0.05) is 36.2 Å². The quantitative estimate of drug-likeness (QED) is 0.380. The number of Topliss-reactive ketones (excluding diaryl/α,β-unsaturated/α-hetero) is 1. The van der Waals surface area contributed by atoms with Crippen LogP contribution in [0.2, 0.25) is 0 Å². The third-order valence-corrected chi connectivity index (χ3v) is 5.05. The van der Waals surface area contributed by atoms with Crippen molar-refractivity contribution < 1.29 is 22.7 Å². The lowest BCUT2D eigenvalue weighted by molar-refractivity contribution is -0.143. The Morgan fingerprint density at radius 2 is 1.88 bits per heavy atom.